The van der Waals surface area contributed by atoms with Crippen molar-refractivity contribution in [1.29, 1.82) is 0 Å². The molecule has 0 radical (unpaired) electrons. The highest BCUT2D eigenvalue weighted by Gasteiger charge is 2.00. The van der Waals surface area contributed by atoms with E-state index >= 15 is 0 Å². The molecule has 2 nitrogen and oxygen atoms in total. The Balaban J connectivity index is 2.29. The number of nitrogens with zero attached hydrogens (tertiary/aromatic N) is 1. The Morgan fingerprint density at radius 1 is 1.10 bits per heavy atom. The molecule has 1 rings (SSSR count). The number of benzene rings is 1. The smallest absolute Gasteiger partial charge is 0.0230 e. The van der Waals surface area contributed by atoms with E-state index in [2.05, 4.69) is 62.3 Å². The van der Waals surface area contributed by atoms with E-state index in [1.165, 1.54) is 30.5 Å². The Hall–Kier alpha value is -0.860. The van der Waals surface area contributed by atoms with Crippen molar-refractivity contribution in [3.05, 3.63) is 35.4 Å². The normalized spacial score (nSPS) is 11.5. The summed E-state index contributed by atoms with van der Waals surface area (Å²) in [6.45, 7) is 11.2. The van der Waals surface area contributed by atoms with Gasteiger partial charge in [0.2, 0.25) is 0 Å². The predicted molar refractivity (Wildman–Crippen MR) is 89.1 cm³/mol. The van der Waals surface area contributed by atoms with Crippen molar-refractivity contribution in [2.75, 3.05) is 26.7 Å². The highest BCUT2D eigenvalue weighted by Crippen LogP contribution is 2.08. The highest BCUT2D eigenvalue weighted by atomic mass is 15.1. The molecule has 1 aromatic rings. The summed E-state index contributed by atoms with van der Waals surface area (Å²) >= 11 is 0. The molecular formula is C18H32N2. The molecule has 0 atom stereocenters. The van der Waals surface area contributed by atoms with Crippen LogP contribution in [0, 0.1) is 5.92 Å². The largest absolute Gasteiger partial charge is 0.316 e. The second kappa shape index (κ2) is 9.95. The van der Waals surface area contributed by atoms with Crippen LogP contribution in [0.25, 0.3) is 0 Å². The third-order valence-electron chi connectivity index (χ3n) is 3.51. The minimum Gasteiger partial charge on any atom is -0.316 e. The molecule has 0 fully saturated rings. The summed E-state index contributed by atoms with van der Waals surface area (Å²) in [6.07, 6.45) is 3.68. The molecule has 0 aliphatic carbocycles. The van der Waals surface area contributed by atoms with Crippen LogP contribution in [0.4, 0.5) is 0 Å². The van der Waals surface area contributed by atoms with E-state index in [1.54, 1.807) is 0 Å². The molecule has 1 N–H and O–H groups in total. The number of nitrogens with one attached hydrogen (secondary N) is 1. The average molecular weight is 276 g/mol. The van der Waals surface area contributed by atoms with Gasteiger partial charge in [0.1, 0.15) is 0 Å². The van der Waals surface area contributed by atoms with Gasteiger partial charge in [-0.25, -0.2) is 0 Å². The van der Waals surface area contributed by atoms with Crippen molar-refractivity contribution >= 4 is 0 Å². The Kier molecular flexibility index (Phi) is 8.56. The number of unbranched alkanes of at least 4 members (excludes halogenated alkanes) is 1. The predicted octanol–water partition coefficient (Wildman–Crippen LogP) is 3.71. The summed E-state index contributed by atoms with van der Waals surface area (Å²) in [6, 6.07) is 9.11. The molecule has 2 heteroatoms. The van der Waals surface area contributed by atoms with Crippen LogP contribution in [0.5, 0.6) is 0 Å². The molecule has 0 heterocycles. The third-order valence-corrected chi connectivity index (χ3v) is 3.51. The van der Waals surface area contributed by atoms with E-state index in [4.69, 9.17) is 0 Å². The maximum atomic E-state index is 3.50. The van der Waals surface area contributed by atoms with Gasteiger partial charge in [-0.2, -0.15) is 0 Å². The number of hydrogen-bond acceptors (Lipinski definition) is 2. The fourth-order valence-electron chi connectivity index (χ4n) is 2.25. The summed E-state index contributed by atoms with van der Waals surface area (Å²) in [5.74, 6) is 0.732. The van der Waals surface area contributed by atoms with Crippen molar-refractivity contribution in [2.24, 2.45) is 5.92 Å². The topological polar surface area (TPSA) is 15.3 Å². The quantitative estimate of drug-likeness (QED) is 0.655. The average Bonchev–Trinajstić information content (AvgIpc) is 2.43. The molecule has 0 saturated carbocycles. The number of hydrogen-bond donors (Lipinski definition) is 1. The minimum atomic E-state index is 0.732. The Labute approximate surface area is 125 Å². The van der Waals surface area contributed by atoms with Crippen molar-refractivity contribution in [2.45, 2.75) is 46.6 Å². The molecule has 0 aliphatic rings. The summed E-state index contributed by atoms with van der Waals surface area (Å²) in [5.41, 5.74) is 2.85. The summed E-state index contributed by atoms with van der Waals surface area (Å²) in [7, 11) is 2.21. The van der Waals surface area contributed by atoms with Crippen LogP contribution < -0.4 is 5.32 Å². The van der Waals surface area contributed by atoms with Crippen LogP contribution in [-0.2, 0) is 13.0 Å². The SMILES string of the molecule is CCCCN(C)Cc1ccc(CCNCC(C)C)cc1. The minimum absolute atomic E-state index is 0.732. The summed E-state index contributed by atoms with van der Waals surface area (Å²) in [4.78, 5) is 2.41. The summed E-state index contributed by atoms with van der Waals surface area (Å²) in [5, 5.41) is 3.50. The molecule has 0 unspecified atom stereocenters. The van der Waals surface area contributed by atoms with E-state index in [0.29, 0.717) is 0 Å². The van der Waals surface area contributed by atoms with Gasteiger partial charge in [-0.15, -0.1) is 0 Å². The van der Waals surface area contributed by atoms with Crippen LogP contribution in [0.1, 0.15) is 44.7 Å². The molecule has 0 saturated heterocycles. The Morgan fingerprint density at radius 3 is 2.35 bits per heavy atom. The van der Waals surface area contributed by atoms with E-state index in [9.17, 15) is 0 Å². The van der Waals surface area contributed by atoms with Crippen LogP contribution in [0.2, 0.25) is 0 Å². The van der Waals surface area contributed by atoms with Crippen molar-refractivity contribution in [3.63, 3.8) is 0 Å². The van der Waals surface area contributed by atoms with Gasteiger partial charge in [-0.3, -0.25) is 0 Å². The first-order valence-corrected chi connectivity index (χ1v) is 8.09. The van der Waals surface area contributed by atoms with E-state index < -0.39 is 0 Å². The maximum Gasteiger partial charge on any atom is 0.0230 e. The first kappa shape index (κ1) is 17.2. The van der Waals surface area contributed by atoms with Crippen LogP contribution >= 0.6 is 0 Å². The van der Waals surface area contributed by atoms with Crippen LogP contribution in [0.3, 0.4) is 0 Å². The Bertz CT molecular complexity index is 343. The van der Waals surface area contributed by atoms with Crippen LogP contribution in [0.15, 0.2) is 24.3 Å². The van der Waals surface area contributed by atoms with Gasteiger partial charge in [0.15, 0.2) is 0 Å². The molecule has 20 heavy (non-hydrogen) atoms. The lowest BCUT2D eigenvalue weighted by Gasteiger charge is -2.16. The zero-order valence-corrected chi connectivity index (χ0v) is 13.8. The van der Waals surface area contributed by atoms with Crippen molar-refractivity contribution in [3.8, 4) is 0 Å². The lowest BCUT2D eigenvalue weighted by atomic mass is 10.1. The molecule has 114 valence electrons. The lowest BCUT2D eigenvalue weighted by Crippen LogP contribution is -2.22. The first-order valence-electron chi connectivity index (χ1n) is 8.09. The fraction of sp³-hybridized carbons (Fsp3) is 0.667. The molecule has 0 aromatic heterocycles. The standard InChI is InChI=1S/C18H32N2/c1-5-6-13-20(4)15-18-9-7-17(8-10-18)11-12-19-14-16(2)3/h7-10,16,19H,5-6,11-15H2,1-4H3. The van der Waals surface area contributed by atoms with Gasteiger partial charge in [-0.05, 0) is 56.6 Å². The van der Waals surface area contributed by atoms with E-state index in [0.717, 1.165) is 32.0 Å². The highest BCUT2D eigenvalue weighted by molar-refractivity contribution is 5.22. The first-order chi connectivity index (χ1) is 9.61. The molecule has 1 aromatic carbocycles. The fourth-order valence-corrected chi connectivity index (χ4v) is 2.25. The third kappa shape index (κ3) is 7.66. The molecule has 0 amide bonds. The zero-order chi connectivity index (χ0) is 14.8. The van der Waals surface area contributed by atoms with E-state index in [-0.39, 0.29) is 0 Å². The van der Waals surface area contributed by atoms with Gasteiger partial charge in [0, 0.05) is 6.54 Å². The zero-order valence-electron chi connectivity index (χ0n) is 13.8. The van der Waals surface area contributed by atoms with Crippen molar-refractivity contribution < 1.29 is 0 Å². The second-order valence-corrected chi connectivity index (χ2v) is 6.26. The van der Waals surface area contributed by atoms with E-state index in [1.807, 2.05) is 0 Å². The van der Waals surface area contributed by atoms with Crippen LogP contribution in [-0.4, -0.2) is 31.6 Å². The molecular weight excluding hydrogens is 244 g/mol. The van der Waals surface area contributed by atoms with Gasteiger partial charge >= 0.3 is 0 Å². The monoisotopic (exact) mass is 276 g/mol. The van der Waals surface area contributed by atoms with Gasteiger partial charge in [0.05, 0.1) is 0 Å². The summed E-state index contributed by atoms with van der Waals surface area (Å²) < 4.78 is 0. The molecule has 0 spiro atoms. The van der Waals surface area contributed by atoms with Gasteiger partial charge < -0.3 is 10.2 Å². The molecule has 0 aliphatic heterocycles. The maximum absolute atomic E-state index is 3.50. The lowest BCUT2D eigenvalue weighted by molar-refractivity contribution is 0.321. The van der Waals surface area contributed by atoms with Gasteiger partial charge in [0.25, 0.3) is 0 Å². The molecule has 0 bridgehead atoms. The number of rotatable bonds is 10. The Morgan fingerprint density at radius 2 is 1.75 bits per heavy atom. The van der Waals surface area contributed by atoms with Crippen molar-refractivity contribution in [1.82, 2.24) is 10.2 Å². The second-order valence-electron chi connectivity index (χ2n) is 6.26. The van der Waals surface area contributed by atoms with Gasteiger partial charge in [-0.1, -0.05) is 51.5 Å².